The molecule has 0 amide bonds. The van der Waals surface area contributed by atoms with E-state index in [9.17, 15) is 0 Å². The molecule has 2 heterocycles. The molecule has 0 saturated carbocycles. The second-order valence-corrected chi connectivity index (χ2v) is 5.45. The van der Waals surface area contributed by atoms with Gasteiger partial charge in [-0.1, -0.05) is 41.9 Å². The Kier molecular flexibility index (Phi) is 3.16. The summed E-state index contributed by atoms with van der Waals surface area (Å²) in [5, 5.41) is 6.04. The summed E-state index contributed by atoms with van der Waals surface area (Å²) in [7, 11) is 0. The quantitative estimate of drug-likeness (QED) is 0.566. The lowest BCUT2D eigenvalue weighted by atomic mass is 10.0. The molecule has 108 valence electrons. The van der Waals surface area contributed by atoms with E-state index in [1.54, 1.807) is 11.0 Å². The maximum Gasteiger partial charge on any atom is 0.137 e. The zero-order valence-electron chi connectivity index (χ0n) is 11.6. The standard InChI is InChI=1S/C17H12ClN3O/c18-14-7-5-12(6-8-14)17(21-11-19-10-20-21)16-9-13-3-1-2-4-15(13)22-16/h1-11,17H/t17-/m1/s1. The molecule has 0 aliphatic rings. The predicted octanol–water partition coefficient (Wildman–Crippen LogP) is 4.32. The van der Waals surface area contributed by atoms with Crippen molar-refractivity contribution in [2.45, 2.75) is 6.04 Å². The smallest absolute Gasteiger partial charge is 0.137 e. The van der Waals surface area contributed by atoms with Crippen molar-refractivity contribution >= 4 is 22.6 Å². The van der Waals surface area contributed by atoms with Crippen molar-refractivity contribution in [2.24, 2.45) is 0 Å². The number of aromatic nitrogens is 3. The second kappa shape index (κ2) is 5.31. The summed E-state index contributed by atoms with van der Waals surface area (Å²) in [4.78, 5) is 4.05. The maximum atomic E-state index is 6.02. The SMILES string of the molecule is Clc1ccc([C@H](c2cc3ccccc3o2)n2cncn2)cc1. The third-order valence-electron chi connectivity index (χ3n) is 3.60. The van der Waals surface area contributed by atoms with Crippen LogP contribution in [0.25, 0.3) is 11.0 Å². The van der Waals surface area contributed by atoms with Crippen LogP contribution >= 0.6 is 11.6 Å². The highest BCUT2D eigenvalue weighted by Gasteiger charge is 2.21. The Hall–Kier alpha value is -2.59. The molecule has 4 nitrogen and oxygen atoms in total. The van der Waals surface area contributed by atoms with E-state index in [4.69, 9.17) is 16.0 Å². The van der Waals surface area contributed by atoms with E-state index in [-0.39, 0.29) is 6.04 Å². The largest absolute Gasteiger partial charge is 0.458 e. The summed E-state index contributed by atoms with van der Waals surface area (Å²) in [6.45, 7) is 0. The molecule has 2 aromatic heterocycles. The molecule has 0 bridgehead atoms. The van der Waals surface area contributed by atoms with Gasteiger partial charge < -0.3 is 4.42 Å². The summed E-state index contributed by atoms with van der Waals surface area (Å²) < 4.78 is 7.80. The van der Waals surface area contributed by atoms with E-state index in [0.717, 1.165) is 22.3 Å². The van der Waals surface area contributed by atoms with Crippen LogP contribution in [0.2, 0.25) is 5.02 Å². The molecule has 0 unspecified atom stereocenters. The molecule has 4 aromatic rings. The van der Waals surface area contributed by atoms with Gasteiger partial charge in [-0.15, -0.1) is 0 Å². The van der Waals surface area contributed by atoms with Gasteiger partial charge in [-0.2, -0.15) is 5.10 Å². The molecule has 0 fully saturated rings. The molecule has 0 aliphatic carbocycles. The number of hydrogen-bond acceptors (Lipinski definition) is 3. The summed E-state index contributed by atoms with van der Waals surface area (Å²) >= 11 is 5.99. The van der Waals surface area contributed by atoms with Crippen molar-refractivity contribution in [3.63, 3.8) is 0 Å². The average molecular weight is 310 g/mol. The van der Waals surface area contributed by atoms with Gasteiger partial charge in [-0.3, -0.25) is 0 Å². The van der Waals surface area contributed by atoms with Gasteiger partial charge in [0.2, 0.25) is 0 Å². The number of benzene rings is 2. The van der Waals surface area contributed by atoms with Gasteiger partial charge in [-0.25, -0.2) is 9.67 Å². The van der Waals surface area contributed by atoms with E-state index >= 15 is 0 Å². The zero-order valence-corrected chi connectivity index (χ0v) is 12.3. The highest BCUT2D eigenvalue weighted by atomic mass is 35.5. The minimum atomic E-state index is -0.174. The Balaban J connectivity index is 1.88. The third kappa shape index (κ3) is 2.27. The minimum Gasteiger partial charge on any atom is -0.458 e. The van der Waals surface area contributed by atoms with Crippen molar-refractivity contribution in [2.75, 3.05) is 0 Å². The van der Waals surface area contributed by atoms with Gasteiger partial charge in [0.25, 0.3) is 0 Å². The topological polar surface area (TPSA) is 43.9 Å². The lowest BCUT2D eigenvalue weighted by Gasteiger charge is -2.15. The van der Waals surface area contributed by atoms with Crippen LogP contribution in [0.4, 0.5) is 0 Å². The van der Waals surface area contributed by atoms with Crippen molar-refractivity contribution in [3.8, 4) is 0 Å². The number of hydrogen-bond donors (Lipinski definition) is 0. The van der Waals surface area contributed by atoms with Crippen LogP contribution in [0, 0.1) is 0 Å². The molecule has 22 heavy (non-hydrogen) atoms. The van der Waals surface area contributed by atoms with Gasteiger partial charge in [0, 0.05) is 10.4 Å². The molecule has 5 heteroatoms. The second-order valence-electron chi connectivity index (χ2n) is 5.02. The first-order chi connectivity index (χ1) is 10.8. The molecule has 4 rings (SSSR count). The summed E-state index contributed by atoms with van der Waals surface area (Å²) in [6, 6.07) is 17.5. The van der Waals surface area contributed by atoms with Crippen molar-refractivity contribution in [1.29, 1.82) is 0 Å². The molecule has 0 spiro atoms. The Bertz CT molecular complexity index is 864. The maximum absolute atomic E-state index is 6.02. The summed E-state index contributed by atoms with van der Waals surface area (Å²) in [6.07, 6.45) is 3.21. The molecule has 0 saturated heterocycles. The Morgan fingerprint density at radius 2 is 1.86 bits per heavy atom. The monoisotopic (exact) mass is 309 g/mol. The number of halogens is 1. The van der Waals surface area contributed by atoms with Crippen LogP contribution in [-0.4, -0.2) is 14.8 Å². The fraction of sp³-hybridized carbons (Fsp3) is 0.0588. The van der Waals surface area contributed by atoms with Crippen LogP contribution in [0.3, 0.4) is 0 Å². The number of para-hydroxylation sites is 1. The Morgan fingerprint density at radius 3 is 2.59 bits per heavy atom. The number of rotatable bonds is 3. The lowest BCUT2D eigenvalue weighted by molar-refractivity contribution is 0.463. The van der Waals surface area contributed by atoms with Crippen LogP contribution in [0.15, 0.2) is 71.7 Å². The van der Waals surface area contributed by atoms with Crippen LogP contribution in [0.1, 0.15) is 17.4 Å². The molecule has 0 N–H and O–H groups in total. The molecule has 0 aliphatic heterocycles. The van der Waals surface area contributed by atoms with E-state index in [2.05, 4.69) is 10.1 Å². The Morgan fingerprint density at radius 1 is 1.05 bits per heavy atom. The first-order valence-electron chi connectivity index (χ1n) is 6.89. The predicted molar refractivity (Wildman–Crippen MR) is 84.9 cm³/mol. The van der Waals surface area contributed by atoms with Gasteiger partial charge in [-0.05, 0) is 29.8 Å². The molecular formula is C17H12ClN3O. The van der Waals surface area contributed by atoms with Crippen molar-refractivity contribution < 1.29 is 4.42 Å². The van der Waals surface area contributed by atoms with Crippen molar-refractivity contribution in [1.82, 2.24) is 14.8 Å². The first kappa shape index (κ1) is 13.1. The van der Waals surface area contributed by atoms with E-state index < -0.39 is 0 Å². The molecule has 0 radical (unpaired) electrons. The number of furan rings is 1. The van der Waals surface area contributed by atoms with E-state index in [1.165, 1.54) is 6.33 Å². The lowest BCUT2D eigenvalue weighted by Crippen LogP contribution is -2.12. The van der Waals surface area contributed by atoms with Gasteiger partial charge in [0.1, 0.15) is 30.0 Å². The molecule has 1 atom stereocenters. The Labute approximate surface area is 132 Å². The highest BCUT2D eigenvalue weighted by molar-refractivity contribution is 6.30. The summed E-state index contributed by atoms with van der Waals surface area (Å²) in [5.74, 6) is 0.814. The van der Waals surface area contributed by atoms with Gasteiger partial charge >= 0.3 is 0 Å². The number of nitrogens with zero attached hydrogens (tertiary/aromatic N) is 3. The van der Waals surface area contributed by atoms with Crippen LogP contribution in [0.5, 0.6) is 0 Å². The van der Waals surface area contributed by atoms with Gasteiger partial charge in [0.05, 0.1) is 0 Å². The third-order valence-corrected chi connectivity index (χ3v) is 3.85. The molecule has 2 aromatic carbocycles. The zero-order chi connectivity index (χ0) is 14.9. The van der Waals surface area contributed by atoms with Crippen LogP contribution < -0.4 is 0 Å². The fourth-order valence-corrected chi connectivity index (χ4v) is 2.71. The first-order valence-corrected chi connectivity index (χ1v) is 7.27. The van der Waals surface area contributed by atoms with E-state index in [1.807, 2.05) is 54.6 Å². The summed E-state index contributed by atoms with van der Waals surface area (Å²) in [5.41, 5.74) is 1.89. The fourth-order valence-electron chi connectivity index (χ4n) is 2.58. The van der Waals surface area contributed by atoms with E-state index in [0.29, 0.717) is 5.02 Å². The van der Waals surface area contributed by atoms with Crippen LogP contribution in [-0.2, 0) is 0 Å². The highest BCUT2D eigenvalue weighted by Crippen LogP contribution is 2.31. The number of fused-ring (bicyclic) bond motifs is 1. The average Bonchev–Trinajstić information content (AvgIpc) is 3.19. The molecular weight excluding hydrogens is 298 g/mol. The minimum absolute atomic E-state index is 0.174. The van der Waals surface area contributed by atoms with Crippen molar-refractivity contribution in [3.05, 3.63) is 83.6 Å². The normalized spacial score (nSPS) is 12.6. The van der Waals surface area contributed by atoms with Gasteiger partial charge in [0.15, 0.2) is 0 Å².